The molecule has 0 aromatic rings. The SMILES string of the molecule is N[C@@]1(C(=O)O)C[C@H](C(=O)O)N(C(=O)CCCCC(=O)O)C1. The van der Waals surface area contributed by atoms with E-state index in [0.29, 0.717) is 12.8 Å². The Morgan fingerprint density at radius 1 is 1.10 bits per heavy atom. The largest absolute Gasteiger partial charge is 0.481 e. The van der Waals surface area contributed by atoms with Crippen LogP contribution in [-0.4, -0.2) is 62.2 Å². The fourth-order valence-electron chi connectivity index (χ4n) is 2.27. The first-order valence-electron chi connectivity index (χ1n) is 6.44. The Hall–Kier alpha value is -2.16. The van der Waals surface area contributed by atoms with Crippen LogP contribution >= 0.6 is 0 Å². The van der Waals surface area contributed by atoms with Gasteiger partial charge in [-0.05, 0) is 12.8 Å². The molecule has 9 nitrogen and oxygen atoms in total. The van der Waals surface area contributed by atoms with Gasteiger partial charge in [0.1, 0.15) is 11.6 Å². The Kier molecular flexibility index (Phi) is 5.25. The van der Waals surface area contributed by atoms with Crippen LogP contribution in [0.15, 0.2) is 0 Å². The van der Waals surface area contributed by atoms with Crippen molar-refractivity contribution in [3.8, 4) is 0 Å². The lowest BCUT2D eigenvalue weighted by atomic mass is 9.98. The van der Waals surface area contributed by atoms with Crippen LogP contribution in [0.25, 0.3) is 0 Å². The highest BCUT2D eigenvalue weighted by atomic mass is 16.4. The monoisotopic (exact) mass is 302 g/mol. The molecule has 0 aliphatic carbocycles. The number of likely N-dealkylation sites (tertiary alicyclic amines) is 1. The van der Waals surface area contributed by atoms with Gasteiger partial charge in [-0.25, -0.2) is 4.79 Å². The van der Waals surface area contributed by atoms with Gasteiger partial charge in [-0.2, -0.15) is 0 Å². The summed E-state index contributed by atoms with van der Waals surface area (Å²) in [6.45, 7) is -0.364. The molecule has 1 aliphatic heterocycles. The van der Waals surface area contributed by atoms with E-state index in [2.05, 4.69) is 0 Å². The minimum absolute atomic E-state index is 0.0350. The van der Waals surface area contributed by atoms with Crippen molar-refractivity contribution in [2.75, 3.05) is 6.54 Å². The number of carboxylic acid groups (broad SMARTS) is 3. The first kappa shape index (κ1) is 16.9. The van der Waals surface area contributed by atoms with E-state index in [-0.39, 0.29) is 25.8 Å². The second kappa shape index (κ2) is 6.53. The fraction of sp³-hybridized carbons (Fsp3) is 0.667. The van der Waals surface area contributed by atoms with Gasteiger partial charge in [-0.15, -0.1) is 0 Å². The van der Waals surface area contributed by atoms with Gasteiger partial charge >= 0.3 is 17.9 Å². The maximum absolute atomic E-state index is 12.0. The van der Waals surface area contributed by atoms with Crippen molar-refractivity contribution < 1.29 is 34.5 Å². The third-order valence-electron chi connectivity index (χ3n) is 3.45. The summed E-state index contributed by atoms with van der Waals surface area (Å²) < 4.78 is 0. The molecule has 1 aliphatic rings. The lowest BCUT2D eigenvalue weighted by molar-refractivity contribution is -0.148. The molecule has 2 atom stereocenters. The van der Waals surface area contributed by atoms with Gasteiger partial charge in [0.25, 0.3) is 0 Å². The van der Waals surface area contributed by atoms with E-state index in [9.17, 15) is 19.2 Å². The van der Waals surface area contributed by atoms with Gasteiger partial charge in [0.15, 0.2) is 0 Å². The van der Waals surface area contributed by atoms with Gasteiger partial charge < -0.3 is 26.0 Å². The van der Waals surface area contributed by atoms with E-state index < -0.39 is 35.4 Å². The summed E-state index contributed by atoms with van der Waals surface area (Å²) in [5.41, 5.74) is 3.85. The Balaban J connectivity index is 2.66. The summed E-state index contributed by atoms with van der Waals surface area (Å²) in [5.74, 6) is -4.15. The zero-order valence-electron chi connectivity index (χ0n) is 11.3. The van der Waals surface area contributed by atoms with Crippen LogP contribution in [0.1, 0.15) is 32.1 Å². The molecule has 1 saturated heterocycles. The van der Waals surface area contributed by atoms with Crippen LogP contribution < -0.4 is 5.73 Å². The maximum Gasteiger partial charge on any atom is 0.326 e. The molecule has 0 unspecified atom stereocenters. The summed E-state index contributed by atoms with van der Waals surface area (Å²) in [7, 11) is 0. The molecule has 0 aromatic carbocycles. The van der Waals surface area contributed by atoms with Crippen LogP contribution in [0.4, 0.5) is 0 Å². The van der Waals surface area contributed by atoms with E-state index in [1.54, 1.807) is 0 Å². The number of nitrogens with two attached hydrogens (primary N) is 1. The van der Waals surface area contributed by atoms with Crippen LogP contribution in [0, 0.1) is 0 Å². The topological polar surface area (TPSA) is 158 Å². The highest BCUT2D eigenvalue weighted by molar-refractivity contribution is 5.89. The van der Waals surface area contributed by atoms with Gasteiger partial charge in [0.2, 0.25) is 5.91 Å². The van der Waals surface area contributed by atoms with E-state index in [1.807, 2.05) is 0 Å². The number of nitrogens with zero attached hydrogens (tertiary/aromatic N) is 1. The summed E-state index contributed by atoms with van der Waals surface area (Å²) >= 11 is 0. The fourth-order valence-corrected chi connectivity index (χ4v) is 2.27. The van der Waals surface area contributed by atoms with E-state index in [1.165, 1.54) is 0 Å². The Labute approximate surface area is 120 Å². The normalized spacial score (nSPS) is 24.8. The van der Waals surface area contributed by atoms with Gasteiger partial charge in [0.05, 0.1) is 6.54 Å². The molecule has 0 aromatic heterocycles. The van der Waals surface area contributed by atoms with Crippen LogP contribution in [0.5, 0.6) is 0 Å². The Morgan fingerprint density at radius 2 is 1.67 bits per heavy atom. The molecule has 9 heteroatoms. The molecule has 0 saturated carbocycles. The van der Waals surface area contributed by atoms with Crippen molar-refractivity contribution in [3.05, 3.63) is 0 Å². The predicted octanol–water partition coefficient (Wildman–Crippen LogP) is -0.901. The molecule has 1 fully saturated rings. The summed E-state index contributed by atoms with van der Waals surface area (Å²) in [4.78, 5) is 45.5. The maximum atomic E-state index is 12.0. The molecular formula is C12H18N2O7. The number of unbranched alkanes of at least 4 members (excludes halogenated alkanes) is 1. The quantitative estimate of drug-likeness (QED) is 0.440. The average molecular weight is 302 g/mol. The van der Waals surface area contributed by atoms with Gasteiger partial charge in [-0.3, -0.25) is 14.4 Å². The van der Waals surface area contributed by atoms with Crippen molar-refractivity contribution in [2.45, 2.75) is 43.7 Å². The third kappa shape index (κ3) is 4.15. The number of aliphatic carboxylic acids is 3. The summed E-state index contributed by atoms with van der Waals surface area (Å²) in [6, 6.07) is -1.27. The zero-order valence-corrected chi connectivity index (χ0v) is 11.3. The third-order valence-corrected chi connectivity index (χ3v) is 3.45. The number of carboxylic acids is 3. The van der Waals surface area contributed by atoms with Crippen molar-refractivity contribution in [3.63, 3.8) is 0 Å². The number of hydrogen-bond donors (Lipinski definition) is 4. The average Bonchev–Trinajstić information content (AvgIpc) is 2.74. The lowest BCUT2D eigenvalue weighted by Gasteiger charge is -2.22. The molecule has 21 heavy (non-hydrogen) atoms. The van der Waals surface area contributed by atoms with E-state index >= 15 is 0 Å². The van der Waals surface area contributed by atoms with Crippen LogP contribution in [-0.2, 0) is 19.2 Å². The molecule has 1 amide bonds. The second-order valence-corrected chi connectivity index (χ2v) is 5.14. The molecular weight excluding hydrogens is 284 g/mol. The van der Waals surface area contributed by atoms with E-state index in [0.717, 1.165) is 4.90 Å². The number of hydrogen-bond acceptors (Lipinski definition) is 5. The van der Waals surface area contributed by atoms with Gasteiger partial charge in [-0.1, -0.05) is 0 Å². The molecule has 5 N–H and O–H groups in total. The number of carbonyl (C=O) groups excluding carboxylic acids is 1. The summed E-state index contributed by atoms with van der Waals surface area (Å²) in [6.07, 6.45) is 0.120. The molecule has 1 heterocycles. The molecule has 0 spiro atoms. The number of amides is 1. The second-order valence-electron chi connectivity index (χ2n) is 5.14. The van der Waals surface area contributed by atoms with Crippen molar-refractivity contribution in [1.82, 2.24) is 4.90 Å². The van der Waals surface area contributed by atoms with Crippen molar-refractivity contribution in [1.29, 1.82) is 0 Å². The molecule has 0 radical (unpaired) electrons. The molecule has 0 bridgehead atoms. The van der Waals surface area contributed by atoms with Crippen molar-refractivity contribution in [2.24, 2.45) is 5.73 Å². The lowest BCUT2D eigenvalue weighted by Crippen LogP contribution is -2.50. The van der Waals surface area contributed by atoms with Crippen LogP contribution in [0.3, 0.4) is 0 Å². The molecule has 118 valence electrons. The smallest absolute Gasteiger partial charge is 0.326 e. The standard InChI is InChI=1S/C12H18N2O7/c13-12(11(20)21)5-7(10(18)19)14(6-12)8(15)3-1-2-4-9(16)17/h7H,1-6,13H2,(H,16,17)(H,18,19)(H,20,21)/t7-,12+/m1/s1. The predicted molar refractivity (Wildman–Crippen MR) is 68.4 cm³/mol. The first-order valence-corrected chi connectivity index (χ1v) is 6.44. The highest BCUT2D eigenvalue weighted by Crippen LogP contribution is 2.27. The Bertz CT molecular complexity index is 465. The number of carbonyl (C=O) groups is 4. The van der Waals surface area contributed by atoms with Crippen LogP contribution in [0.2, 0.25) is 0 Å². The Morgan fingerprint density at radius 3 is 2.14 bits per heavy atom. The minimum Gasteiger partial charge on any atom is -0.481 e. The zero-order chi connectivity index (χ0) is 16.2. The minimum atomic E-state index is -1.76. The highest BCUT2D eigenvalue weighted by Gasteiger charge is 2.51. The van der Waals surface area contributed by atoms with Gasteiger partial charge in [0, 0.05) is 19.3 Å². The van der Waals surface area contributed by atoms with Crippen molar-refractivity contribution >= 4 is 23.8 Å². The molecule has 1 rings (SSSR count). The number of rotatable bonds is 7. The van der Waals surface area contributed by atoms with E-state index in [4.69, 9.17) is 21.1 Å². The summed E-state index contributed by atoms with van der Waals surface area (Å²) in [5, 5.41) is 26.6. The first-order chi connectivity index (χ1) is 9.67.